The molecule has 4 nitrogen and oxygen atoms in total. The van der Waals surface area contributed by atoms with E-state index in [2.05, 4.69) is 19.2 Å². The molecule has 0 aliphatic heterocycles. The van der Waals surface area contributed by atoms with Gasteiger partial charge in [-0.15, -0.1) is 0 Å². The highest BCUT2D eigenvalue weighted by molar-refractivity contribution is 7.89. The first-order chi connectivity index (χ1) is 9.98. The van der Waals surface area contributed by atoms with Gasteiger partial charge in [0, 0.05) is 19.6 Å². The fourth-order valence-electron chi connectivity index (χ4n) is 2.58. The molecule has 1 fully saturated rings. The topological polar surface area (TPSA) is 49.4 Å². The van der Waals surface area contributed by atoms with E-state index in [1.54, 1.807) is 13.1 Å². The van der Waals surface area contributed by atoms with Crippen LogP contribution in [0.15, 0.2) is 29.2 Å². The molecular formula is C16H26N2O2S. The van der Waals surface area contributed by atoms with Gasteiger partial charge in [0.25, 0.3) is 0 Å². The Morgan fingerprint density at radius 3 is 2.62 bits per heavy atom. The van der Waals surface area contributed by atoms with Crippen LogP contribution in [0.5, 0.6) is 0 Å². The first kappa shape index (κ1) is 16.5. The number of sulfonamides is 1. The van der Waals surface area contributed by atoms with E-state index >= 15 is 0 Å². The van der Waals surface area contributed by atoms with Crippen LogP contribution in [0, 0.1) is 5.92 Å². The predicted octanol–water partition coefficient (Wildman–Crippen LogP) is 2.78. The maximum absolute atomic E-state index is 12.6. The van der Waals surface area contributed by atoms with E-state index in [0.717, 1.165) is 31.4 Å². The fraction of sp³-hybridized carbons (Fsp3) is 0.625. The first-order valence-electron chi connectivity index (χ1n) is 7.78. The molecule has 0 heterocycles. The monoisotopic (exact) mass is 310 g/mol. The van der Waals surface area contributed by atoms with Crippen LogP contribution >= 0.6 is 0 Å². The minimum absolute atomic E-state index is 0.207. The summed E-state index contributed by atoms with van der Waals surface area (Å²) < 4.78 is 26.7. The van der Waals surface area contributed by atoms with E-state index in [-0.39, 0.29) is 6.04 Å². The zero-order valence-electron chi connectivity index (χ0n) is 13.2. The van der Waals surface area contributed by atoms with E-state index in [0.29, 0.717) is 17.4 Å². The summed E-state index contributed by atoms with van der Waals surface area (Å²) in [5, 5.41) is 3.39. The highest BCUT2D eigenvalue weighted by Gasteiger charge is 2.29. The van der Waals surface area contributed by atoms with Crippen LogP contribution in [0.1, 0.15) is 44.7 Å². The molecule has 0 spiro atoms. The van der Waals surface area contributed by atoms with Crippen molar-refractivity contribution < 1.29 is 8.42 Å². The van der Waals surface area contributed by atoms with Crippen molar-refractivity contribution >= 4 is 10.0 Å². The lowest BCUT2D eigenvalue weighted by Gasteiger charge is -2.20. The van der Waals surface area contributed by atoms with Crippen molar-refractivity contribution in [1.82, 2.24) is 9.62 Å². The van der Waals surface area contributed by atoms with Gasteiger partial charge in [0.2, 0.25) is 10.0 Å². The van der Waals surface area contributed by atoms with Crippen LogP contribution in [-0.2, 0) is 10.0 Å². The molecular weight excluding hydrogens is 284 g/mol. The second-order valence-corrected chi connectivity index (χ2v) is 7.86. The van der Waals surface area contributed by atoms with Crippen molar-refractivity contribution in [1.29, 1.82) is 0 Å². The van der Waals surface area contributed by atoms with E-state index in [9.17, 15) is 8.42 Å². The third-order valence-electron chi connectivity index (χ3n) is 4.04. The number of rotatable bonds is 8. The quantitative estimate of drug-likeness (QED) is 0.803. The second-order valence-electron chi connectivity index (χ2n) is 5.82. The standard InChI is InChI=1S/C16H26N2O2S/c1-4-16(17-5-2)14-7-6-8-15(11-14)21(19,20)18(3)12-13-9-10-13/h6-8,11,13,16-17H,4-5,9-10,12H2,1-3H3. The maximum Gasteiger partial charge on any atom is 0.242 e. The number of benzene rings is 1. The van der Waals surface area contributed by atoms with Gasteiger partial charge in [0.05, 0.1) is 4.90 Å². The summed E-state index contributed by atoms with van der Waals surface area (Å²) in [6.45, 7) is 5.68. The second kappa shape index (κ2) is 6.90. The van der Waals surface area contributed by atoms with Crippen LogP contribution in [-0.4, -0.2) is 32.9 Å². The molecule has 0 bridgehead atoms. The highest BCUT2D eigenvalue weighted by Crippen LogP contribution is 2.31. The van der Waals surface area contributed by atoms with E-state index in [4.69, 9.17) is 0 Å². The van der Waals surface area contributed by atoms with Gasteiger partial charge in [0.1, 0.15) is 0 Å². The number of hydrogen-bond donors (Lipinski definition) is 1. The molecule has 118 valence electrons. The van der Waals surface area contributed by atoms with E-state index < -0.39 is 10.0 Å². The Kier molecular flexibility index (Phi) is 5.41. The van der Waals surface area contributed by atoms with Gasteiger partial charge in [0.15, 0.2) is 0 Å². The molecule has 0 radical (unpaired) electrons. The Balaban J connectivity index is 2.22. The molecule has 1 aromatic carbocycles. The van der Waals surface area contributed by atoms with Crippen LogP contribution in [0.2, 0.25) is 0 Å². The molecule has 1 aliphatic rings. The zero-order chi connectivity index (χ0) is 15.5. The third-order valence-corrected chi connectivity index (χ3v) is 5.86. The lowest BCUT2D eigenvalue weighted by molar-refractivity contribution is 0.452. The van der Waals surface area contributed by atoms with E-state index in [1.807, 2.05) is 18.2 Å². The SMILES string of the molecule is CCNC(CC)c1cccc(S(=O)(=O)N(C)CC2CC2)c1. The van der Waals surface area contributed by atoms with Crippen molar-refractivity contribution in [3.63, 3.8) is 0 Å². The van der Waals surface area contributed by atoms with Crippen LogP contribution in [0.4, 0.5) is 0 Å². The number of hydrogen-bond acceptors (Lipinski definition) is 3. The maximum atomic E-state index is 12.6. The highest BCUT2D eigenvalue weighted by atomic mass is 32.2. The number of nitrogens with zero attached hydrogens (tertiary/aromatic N) is 1. The normalized spacial score (nSPS) is 17.1. The summed E-state index contributed by atoms with van der Waals surface area (Å²) in [4.78, 5) is 0.402. The van der Waals surface area contributed by atoms with Crippen LogP contribution < -0.4 is 5.32 Å². The lowest BCUT2D eigenvalue weighted by atomic mass is 10.0. The fourth-order valence-corrected chi connectivity index (χ4v) is 3.88. The molecule has 0 amide bonds. The van der Waals surface area contributed by atoms with Crippen molar-refractivity contribution in [2.45, 2.75) is 44.0 Å². The molecule has 1 saturated carbocycles. The van der Waals surface area contributed by atoms with Gasteiger partial charge in [-0.25, -0.2) is 12.7 Å². The van der Waals surface area contributed by atoms with Crippen LogP contribution in [0.25, 0.3) is 0 Å². The van der Waals surface area contributed by atoms with Gasteiger partial charge >= 0.3 is 0 Å². The van der Waals surface area contributed by atoms with Gasteiger partial charge in [-0.2, -0.15) is 0 Å². The van der Waals surface area contributed by atoms with Crippen LogP contribution in [0.3, 0.4) is 0 Å². The Labute approximate surface area is 128 Å². The Hall–Kier alpha value is -0.910. The zero-order valence-corrected chi connectivity index (χ0v) is 14.0. The lowest BCUT2D eigenvalue weighted by Crippen LogP contribution is -2.29. The largest absolute Gasteiger partial charge is 0.310 e. The van der Waals surface area contributed by atoms with Crippen molar-refractivity contribution in [2.75, 3.05) is 20.1 Å². The van der Waals surface area contributed by atoms with Gasteiger partial charge in [-0.3, -0.25) is 0 Å². The molecule has 1 N–H and O–H groups in total. The van der Waals surface area contributed by atoms with Crippen molar-refractivity contribution in [3.05, 3.63) is 29.8 Å². The predicted molar refractivity (Wildman–Crippen MR) is 85.7 cm³/mol. The molecule has 1 unspecified atom stereocenters. The number of nitrogens with one attached hydrogen (secondary N) is 1. The Bertz CT molecular complexity index is 567. The van der Waals surface area contributed by atoms with E-state index in [1.165, 1.54) is 4.31 Å². The average molecular weight is 310 g/mol. The van der Waals surface area contributed by atoms with Gasteiger partial charge < -0.3 is 5.32 Å². The van der Waals surface area contributed by atoms with Gasteiger partial charge in [-0.05, 0) is 49.4 Å². The summed E-state index contributed by atoms with van der Waals surface area (Å²) in [5.74, 6) is 0.554. The molecule has 0 aromatic heterocycles. The minimum atomic E-state index is -3.37. The molecule has 5 heteroatoms. The molecule has 0 saturated heterocycles. The third kappa shape index (κ3) is 4.05. The summed E-state index contributed by atoms with van der Waals surface area (Å²) >= 11 is 0. The molecule has 1 aliphatic carbocycles. The minimum Gasteiger partial charge on any atom is -0.310 e. The summed E-state index contributed by atoms with van der Waals surface area (Å²) in [6, 6.07) is 7.55. The average Bonchev–Trinajstić information content (AvgIpc) is 3.28. The smallest absolute Gasteiger partial charge is 0.242 e. The summed E-state index contributed by atoms with van der Waals surface area (Å²) in [6.07, 6.45) is 3.24. The first-order valence-corrected chi connectivity index (χ1v) is 9.22. The Morgan fingerprint density at radius 1 is 1.33 bits per heavy atom. The molecule has 21 heavy (non-hydrogen) atoms. The summed E-state index contributed by atoms with van der Waals surface area (Å²) in [7, 11) is -1.69. The molecule has 1 aromatic rings. The molecule has 2 rings (SSSR count). The van der Waals surface area contributed by atoms with Crippen molar-refractivity contribution in [3.8, 4) is 0 Å². The Morgan fingerprint density at radius 2 is 2.05 bits per heavy atom. The molecule has 1 atom stereocenters. The summed E-state index contributed by atoms with van der Waals surface area (Å²) in [5.41, 5.74) is 1.04. The van der Waals surface area contributed by atoms with Gasteiger partial charge in [-0.1, -0.05) is 26.0 Å². The van der Waals surface area contributed by atoms with Crippen molar-refractivity contribution in [2.24, 2.45) is 5.92 Å².